The number of rotatable bonds is 6. The number of anilines is 2. The van der Waals surface area contributed by atoms with Crippen molar-refractivity contribution in [2.75, 3.05) is 18.1 Å². The van der Waals surface area contributed by atoms with Crippen molar-refractivity contribution in [2.45, 2.75) is 26.2 Å². The topological polar surface area (TPSA) is 111 Å². The van der Waals surface area contributed by atoms with Crippen LogP contribution in [0.1, 0.15) is 31.7 Å². The summed E-state index contributed by atoms with van der Waals surface area (Å²) in [5.74, 6) is -0.175. The molecule has 0 aliphatic heterocycles. The molecular weight excluding hydrogens is 297 g/mol. The fraction of sp³-hybridized carbons (Fsp3) is 0.312. The van der Waals surface area contributed by atoms with Crippen molar-refractivity contribution in [2.24, 2.45) is 0 Å². The lowest BCUT2D eigenvalue weighted by Crippen LogP contribution is -2.06. The second kappa shape index (κ2) is 7.40. The molecule has 0 radical (unpaired) electrons. The maximum absolute atomic E-state index is 13.7. The summed E-state index contributed by atoms with van der Waals surface area (Å²) in [5, 5.41) is 9.27. The average molecular weight is 315 g/mol. The quantitative estimate of drug-likeness (QED) is 0.793. The van der Waals surface area contributed by atoms with Crippen molar-refractivity contribution >= 4 is 11.8 Å². The normalized spacial score (nSPS) is 10.3. The van der Waals surface area contributed by atoms with Crippen molar-refractivity contribution in [1.29, 1.82) is 5.26 Å². The molecule has 0 saturated heterocycles. The molecule has 0 unspecified atom stereocenters. The maximum Gasteiger partial charge on any atom is 0.222 e. The number of nitriles is 1. The molecule has 2 aromatic rings. The minimum absolute atomic E-state index is 0.0446. The highest BCUT2D eigenvalue weighted by molar-refractivity contribution is 5.77. The van der Waals surface area contributed by atoms with Gasteiger partial charge in [0.1, 0.15) is 29.0 Å². The number of ether oxygens (including phenoxy) is 1. The van der Waals surface area contributed by atoms with E-state index < -0.39 is 5.82 Å². The number of nitrogens with zero attached hydrogens (tertiary/aromatic N) is 3. The van der Waals surface area contributed by atoms with Crippen LogP contribution >= 0.6 is 0 Å². The molecule has 0 fully saturated rings. The van der Waals surface area contributed by atoms with E-state index >= 15 is 0 Å². The first kappa shape index (κ1) is 16.5. The van der Waals surface area contributed by atoms with Gasteiger partial charge in [0.15, 0.2) is 0 Å². The Balaban J connectivity index is 2.46. The van der Waals surface area contributed by atoms with E-state index in [1.807, 2.05) is 6.07 Å². The standard InChI is InChI=1S/C16H18FN5O/c1-2-3-4-7-23-13-6-5-10(17)8-11(13)14-12(9-18)15(19)22-16(20)21-14/h5-6,8H,2-4,7H2,1H3,(H4,19,20,21,22). The Morgan fingerprint density at radius 1 is 1.26 bits per heavy atom. The first-order chi connectivity index (χ1) is 11.1. The smallest absolute Gasteiger partial charge is 0.222 e. The predicted molar refractivity (Wildman–Crippen MR) is 86.0 cm³/mol. The Labute approximate surface area is 133 Å². The zero-order chi connectivity index (χ0) is 16.8. The molecular formula is C16H18FN5O. The zero-order valence-electron chi connectivity index (χ0n) is 12.8. The summed E-state index contributed by atoms with van der Waals surface area (Å²) in [7, 11) is 0. The fourth-order valence-corrected chi connectivity index (χ4v) is 2.15. The van der Waals surface area contributed by atoms with E-state index in [9.17, 15) is 9.65 Å². The van der Waals surface area contributed by atoms with Crippen LogP contribution in [-0.2, 0) is 0 Å². The number of nitrogen functional groups attached to an aromatic ring is 2. The first-order valence-electron chi connectivity index (χ1n) is 7.32. The van der Waals surface area contributed by atoms with Crippen LogP contribution in [0, 0.1) is 17.1 Å². The number of nitrogens with two attached hydrogens (primary N) is 2. The summed E-state index contributed by atoms with van der Waals surface area (Å²) in [6.45, 7) is 2.58. The first-order valence-corrected chi connectivity index (χ1v) is 7.32. The Bertz CT molecular complexity index is 742. The summed E-state index contributed by atoms with van der Waals surface area (Å²) in [4.78, 5) is 7.80. The molecule has 0 aliphatic rings. The molecule has 1 aromatic heterocycles. The van der Waals surface area contributed by atoms with Crippen molar-refractivity contribution in [3.8, 4) is 23.1 Å². The number of benzene rings is 1. The highest BCUT2D eigenvalue weighted by Crippen LogP contribution is 2.33. The third-order valence-corrected chi connectivity index (χ3v) is 3.27. The van der Waals surface area contributed by atoms with E-state index in [-0.39, 0.29) is 23.0 Å². The molecule has 23 heavy (non-hydrogen) atoms. The molecule has 0 atom stereocenters. The van der Waals surface area contributed by atoms with Gasteiger partial charge in [0.2, 0.25) is 5.95 Å². The molecule has 1 aromatic carbocycles. The average Bonchev–Trinajstić information content (AvgIpc) is 2.52. The SMILES string of the molecule is CCCCCOc1ccc(F)cc1-c1nc(N)nc(N)c1C#N. The molecule has 1 heterocycles. The van der Waals surface area contributed by atoms with Crippen LogP contribution in [0.5, 0.6) is 5.75 Å². The van der Waals surface area contributed by atoms with Gasteiger partial charge in [0, 0.05) is 5.56 Å². The summed E-state index contributed by atoms with van der Waals surface area (Å²) < 4.78 is 19.4. The second-order valence-electron chi connectivity index (χ2n) is 5.00. The Hall–Kier alpha value is -2.88. The molecule has 120 valence electrons. The van der Waals surface area contributed by atoms with E-state index in [2.05, 4.69) is 16.9 Å². The van der Waals surface area contributed by atoms with Crippen LogP contribution in [0.4, 0.5) is 16.2 Å². The van der Waals surface area contributed by atoms with E-state index in [0.717, 1.165) is 19.3 Å². The Kier molecular flexibility index (Phi) is 5.31. The third kappa shape index (κ3) is 3.86. The third-order valence-electron chi connectivity index (χ3n) is 3.27. The van der Waals surface area contributed by atoms with Gasteiger partial charge in [-0.25, -0.2) is 9.37 Å². The molecule has 0 saturated carbocycles. The largest absolute Gasteiger partial charge is 0.493 e. The van der Waals surface area contributed by atoms with Crippen LogP contribution in [0.2, 0.25) is 0 Å². The molecule has 0 spiro atoms. The molecule has 0 amide bonds. The molecule has 7 heteroatoms. The predicted octanol–water partition coefficient (Wildman–Crippen LogP) is 2.89. The lowest BCUT2D eigenvalue weighted by Gasteiger charge is -2.13. The van der Waals surface area contributed by atoms with Crippen molar-refractivity contribution in [3.05, 3.63) is 29.6 Å². The van der Waals surface area contributed by atoms with Gasteiger partial charge in [-0.05, 0) is 24.6 Å². The maximum atomic E-state index is 13.7. The van der Waals surface area contributed by atoms with Gasteiger partial charge >= 0.3 is 0 Å². The summed E-state index contributed by atoms with van der Waals surface area (Å²) in [5.41, 5.74) is 11.9. The van der Waals surface area contributed by atoms with Gasteiger partial charge in [-0.2, -0.15) is 10.2 Å². The van der Waals surface area contributed by atoms with Crippen LogP contribution in [0.3, 0.4) is 0 Å². The van der Waals surface area contributed by atoms with Gasteiger partial charge in [0.25, 0.3) is 0 Å². The minimum Gasteiger partial charge on any atom is -0.493 e. The second-order valence-corrected chi connectivity index (χ2v) is 5.00. The van der Waals surface area contributed by atoms with Gasteiger partial charge in [-0.15, -0.1) is 0 Å². The zero-order valence-corrected chi connectivity index (χ0v) is 12.8. The van der Waals surface area contributed by atoms with Crippen LogP contribution in [0.15, 0.2) is 18.2 Å². The summed E-state index contributed by atoms with van der Waals surface area (Å²) >= 11 is 0. The molecule has 0 bridgehead atoms. The van der Waals surface area contributed by atoms with Crippen molar-refractivity contribution < 1.29 is 9.13 Å². The number of hydrogen-bond donors (Lipinski definition) is 2. The van der Waals surface area contributed by atoms with Crippen LogP contribution < -0.4 is 16.2 Å². The lowest BCUT2D eigenvalue weighted by atomic mass is 10.1. The van der Waals surface area contributed by atoms with Crippen LogP contribution in [-0.4, -0.2) is 16.6 Å². The number of halogens is 1. The van der Waals surface area contributed by atoms with Crippen molar-refractivity contribution in [3.63, 3.8) is 0 Å². The summed E-state index contributed by atoms with van der Waals surface area (Å²) in [6, 6.07) is 5.97. The van der Waals surface area contributed by atoms with E-state index in [0.29, 0.717) is 17.9 Å². The number of unbranched alkanes of at least 4 members (excludes halogenated alkanes) is 2. The van der Waals surface area contributed by atoms with Gasteiger partial charge < -0.3 is 16.2 Å². The van der Waals surface area contributed by atoms with Crippen molar-refractivity contribution in [1.82, 2.24) is 9.97 Å². The van der Waals surface area contributed by atoms with Gasteiger partial charge in [-0.1, -0.05) is 19.8 Å². The van der Waals surface area contributed by atoms with Gasteiger partial charge in [0.05, 0.1) is 12.3 Å². The molecule has 2 rings (SSSR count). The Morgan fingerprint density at radius 2 is 2.04 bits per heavy atom. The fourth-order valence-electron chi connectivity index (χ4n) is 2.15. The van der Waals surface area contributed by atoms with Gasteiger partial charge in [-0.3, -0.25) is 0 Å². The minimum atomic E-state index is -0.472. The molecule has 4 N–H and O–H groups in total. The highest BCUT2D eigenvalue weighted by atomic mass is 19.1. The van der Waals surface area contributed by atoms with E-state index in [1.165, 1.54) is 18.2 Å². The molecule has 6 nitrogen and oxygen atoms in total. The Morgan fingerprint density at radius 3 is 2.74 bits per heavy atom. The molecule has 0 aliphatic carbocycles. The lowest BCUT2D eigenvalue weighted by molar-refractivity contribution is 0.307. The number of hydrogen-bond acceptors (Lipinski definition) is 6. The van der Waals surface area contributed by atoms with Crippen LogP contribution in [0.25, 0.3) is 11.3 Å². The van der Waals surface area contributed by atoms with E-state index in [1.54, 1.807) is 0 Å². The number of aromatic nitrogens is 2. The summed E-state index contributed by atoms with van der Waals surface area (Å²) in [6.07, 6.45) is 2.98. The highest BCUT2D eigenvalue weighted by Gasteiger charge is 2.18. The monoisotopic (exact) mass is 315 g/mol. The van der Waals surface area contributed by atoms with E-state index in [4.69, 9.17) is 16.2 Å².